The van der Waals surface area contributed by atoms with Gasteiger partial charge in [0.1, 0.15) is 11.4 Å². The van der Waals surface area contributed by atoms with Crippen LogP contribution in [0.15, 0.2) is 24.6 Å². The zero-order chi connectivity index (χ0) is 11.4. The number of rotatable bonds is 3. The van der Waals surface area contributed by atoms with Gasteiger partial charge in [-0.3, -0.25) is 0 Å². The zero-order valence-electron chi connectivity index (χ0n) is 8.82. The van der Waals surface area contributed by atoms with Crippen LogP contribution >= 0.6 is 0 Å². The van der Waals surface area contributed by atoms with Crippen LogP contribution in [-0.2, 0) is 4.74 Å². The highest BCUT2D eigenvalue weighted by atomic mass is 19.1. The summed E-state index contributed by atoms with van der Waals surface area (Å²) in [6.45, 7) is 11.7. The third-order valence-corrected chi connectivity index (χ3v) is 1.23. The van der Waals surface area contributed by atoms with Crippen molar-refractivity contribution in [2.45, 2.75) is 26.4 Å². The van der Waals surface area contributed by atoms with Crippen molar-refractivity contribution in [2.24, 2.45) is 0 Å². The first-order chi connectivity index (χ1) is 6.22. The summed E-state index contributed by atoms with van der Waals surface area (Å²) in [6, 6.07) is 0. The van der Waals surface area contributed by atoms with E-state index in [4.69, 9.17) is 4.74 Å². The highest BCUT2D eigenvalue weighted by Crippen LogP contribution is 2.07. The summed E-state index contributed by atoms with van der Waals surface area (Å²) in [4.78, 5) is 11.1. The van der Waals surface area contributed by atoms with Gasteiger partial charge in [0, 0.05) is 6.54 Å². The number of alkyl carbamates (subject to hydrolysis) is 1. The van der Waals surface area contributed by atoms with Gasteiger partial charge < -0.3 is 10.1 Å². The molecule has 1 amide bonds. The van der Waals surface area contributed by atoms with Crippen LogP contribution in [0, 0.1) is 0 Å². The summed E-state index contributed by atoms with van der Waals surface area (Å²) in [5, 5.41) is 2.36. The molecule has 0 unspecified atom stereocenters. The van der Waals surface area contributed by atoms with Crippen LogP contribution in [-0.4, -0.2) is 18.2 Å². The Morgan fingerprint density at radius 3 is 2.29 bits per heavy atom. The lowest BCUT2D eigenvalue weighted by Gasteiger charge is -2.19. The Bertz CT molecular complexity index is 253. The van der Waals surface area contributed by atoms with Crippen molar-refractivity contribution in [1.29, 1.82) is 0 Å². The molecule has 0 spiro atoms. The lowest BCUT2D eigenvalue weighted by Crippen LogP contribution is -2.33. The second-order valence-corrected chi connectivity index (χ2v) is 3.86. The summed E-state index contributed by atoms with van der Waals surface area (Å²) in [7, 11) is 0. The minimum atomic E-state index is -0.638. The summed E-state index contributed by atoms with van der Waals surface area (Å²) in [6.07, 6.45) is -0.597. The van der Waals surface area contributed by atoms with E-state index in [0.717, 1.165) is 0 Å². The number of hydrogen-bond donors (Lipinski definition) is 1. The topological polar surface area (TPSA) is 38.3 Å². The summed E-state index contributed by atoms with van der Waals surface area (Å²) >= 11 is 0. The average Bonchev–Trinajstić information content (AvgIpc) is 1.96. The Labute approximate surface area is 83.6 Å². The molecule has 0 atom stereocenters. The molecule has 0 radical (unpaired) electrons. The Morgan fingerprint density at radius 1 is 1.43 bits per heavy atom. The van der Waals surface area contributed by atoms with Crippen LogP contribution in [0.1, 0.15) is 20.8 Å². The monoisotopic (exact) mass is 201 g/mol. The molecule has 0 aromatic rings. The molecule has 0 rings (SSSR count). The normalized spacial score (nSPS) is 10.6. The molecular formula is C10H16FNO2. The third-order valence-electron chi connectivity index (χ3n) is 1.23. The molecule has 4 heteroatoms. The molecule has 1 N–H and O–H groups in total. The lowest BCUT2D eigenvalue weighted by atomic mass is 10.2. The van der Waals surface area contributed by atoms with Crippen LogP contribution in [0.3, 0.4) is 0 Å². The van der Waals surface area contributed by atoms with E-state index in [0.29, 0.717) is 0 Å². The van der Waals surface area contributed by atoms with Crippen LogP contribution in [0.2, 0.25) is 0 Å². The first-order valence-corrected chi connectivity index (χ1v) is 4.22. The van der Waals surface area contributed by atoms with Gasteiger partial charge >= 0.3 is 6.09 Å². The van der Waals surface area contributed by atoms with E-state index < -0.39 is 17.5 Å². The maximum Gasteiger partial charge on any atom is 0.407 e. The van der Waals surface area contributed by atoms with Gasteiger partial charge in [0.2, 0.25) is 0 Å². The van der Waals surface area contributed by atoms with Gasteiger partial charge in [0.25, 0.3) is 0 Å². The molecular weight excluding hydrogens is 185 g/mol. The molecule has 0 saturated heterocycles. The van der Waals surface area contributed by atoms with E-state index in [2.05, 4.69) is 18.5 Å². The molecule has 14 heavy (non-hydrogen) atoms. The van der Waals surface area contributed by atoms with Gasteiger partial charge in [-0.25, -0.2) is 9.18 Å². The van der Waals surface area contributed by atoms with Gasteiger partial charge in [0.15, 0.2) is 0 Å². The van der Waals surface area contributed by atoms with Crippen LogP contribution in [0.4, 0.5) is 9.18 Å². The first kappa shape index (κ1) is 12.7. The number of ether oxygens (including phenoxy) is 1. The number of nitrogens with one attached hydrogen (secondary N) is 1. The van der Waals surface area contributed by atoms with Crippen LogP contribution in [0.25, 0.3) is 0 Å². The molecule has 0 bridgehead atoms. The second kappa shape index (κ2) is 4.79. The molecule has 80 valence electrons. The highest BCUT2D eigenvalue weighted by molar-refractivity contribution is 5.68. The number of amides is 1. The van der Waals surface area contributed by atoms with Gasteiger partial charge in [-0.05, 0) is 26.3 Å². The molecule has 0 fully saturated rings. The molecule has 0 saturated carbocycles. The SMILES string of the molecule is C=C(F)C(=C)CNC(=O)OC(C)(C)C. The minimum absolute atomic E-state index is 0.00421. The quantitative estimate of drug-likeness (QED) is 0.712. The predicted octanol–water partition coefficient (Wildman–Crippen LogP) is 2.55. The van der Waals surface area contributed by atoms with Crippen molar-refractivity contribution in [3.63, 3.8) is 0 Å². The third kappa shape index (κ3) is 6.22. The van der Waals surface area contributed by atoms with Gasteiger partial charge in [-0.2, -0.15) is 0 Å². The molecule has 0 aliphatic rings. The molecule has 0 aliphatic heterocycles. The Hall–Kier alpha value is -1.32. The Morgan fingerprint density at radius 2 is 1.93 bits per heavy atom. The van der Waals surface area contributed by atoms with Crippen molar-refractivity contribution in [3.05, 3.63) is 24.6 Å². The molecule has 0 heterocycles. The lowest BCUT2D eigenvalue weighted by molar-refractivity contribution is 0.0533. The standard InChI is InChI=1S/C10H16FNO2/c1-7(8(2)11)6-12-9(13)14-10(3,4)5/h1-2,6H2,3-5H3,(H,12,13). The van der Waals surface area contributed by atoms with Crippen LogP contribution in [0.5, 0.6) is 0 Å². The van der Waals surface area contributed by atoms with E-state index in [9.17, 15) is 9.18 Å². The van der Waals surface area contributed by atoms with Crippen LogP contribution < -0.4 is 5.32 Å². The minimum Gasteiger partial charge on any atom is -0.444 e. The number of carbonyl (C=O) groups is 1. The second-order valence-electron chi connectivity index (χ2n) is 3.86. The van der Waals surface area contributed by atoms with Gasteiger partial charge in [-0.1, -0.05) is 13.2 Å². The highest BCUT2D eigenvalue weighted by Gasteiger charge is 2.15. The number of carbonyl (C=O) groups excluding carboxylic acids is 1. The molecule has 0 aliphatic carbocycles. The van der Waals surface area contributed by atoms with Gasteiger partial charge in [0.05, 0.1) is 0 Å². The molecule has 3 nitrogen and oxygen atoms in total. The van der Waals surface area contributed by atoms with Crippen molar-refractivity contribution in [1.82, 2.24) is 5.32 Å². The zero-order valence-corrected chi connectivity index (χ0v) is 8.82. The summed E-state index contributed by atoms with van der Waals surface area (Å²) < 4.78 is 17.3. The van der Waals surface area contributed by atoms with Gasteiger partial charge in [-0.15, -0.1) is 0 Å². The summed E-state index contributed by atoms with van der Waals surface area (Å²) in [5.74, 6) is -0.638. The summed E-state index contributed by atoms with van der Waals surface area (Å²) in [5.41, 5.74) is -0.422. The van der Waals surface area contributed by atoms with Crippen molar-refractivity contribution >= 4 is 6.09 Å². The van der Waals surface area contributed by atoms with Crippen molar-refractivity contribution in [2.75, 3.05) is 6.54 Å². The van der Waals surface area contributed by atoms with E-state index in [1.807, 2.05) is 0 Å². The van der Waals surface area contributed by atoms with E-state index in [-0.39, 0.29) is 12.1 Å². The first-order valence-electron chi connectivity index (χ1n) is 4.22. The Kier molecular flexibility index (Phi) is 4.34. The fourth-order valence-electron chi connectivity index (χ4n) is 0.589. The molecule has 0 aromatic carbocycles. The fraction of sp³-hybridized carbons (Fsp3) is 0.500. The predicted molar refractivity (Wildman–Crippen MR) is 53.6 cm³/mol. The maximum atomic E-state index is 12.4. The largest absolute Gasteiger partial charge is 0.444 e. The molecule has 0 aromatic heterocycles. The van der Waals surface area contributed by atoms with E-state index in [1.165, 1.54) is 0 Å². The smallest absolute Gasteiger partial charge is 0.407 e. The van der Waals surface area contributed by atoms with Crippen molar-refractivity contribution < 1.29 is 13.9 Å². The number of halogens is 1. The van der Waals surface area contributed by atoms with E-state index >= 15 is 0 Å². The van der Waals surface area contributed by atoms with E-state index in [1.54, 1.807) is 20.8 Å². The Balaban J connectivity index is 3.87. The fourth-order valence-corrected chi connectivity index (χ4v) is 0.589. The maximum absolute atomic E-state index is 12.4. The number of hydrogen-bond acceptors (Lipinski definition) is 2. The average molecular weight is 201 g/mol. The van der Waals surface area contributed by atoms with Crippen molar-refractivity contribution in [3.8, 4) is 0 Å².